The molecule has 0 aliphatic carbocycles. The molecule has 0 aliphatic rings. The molecule has 0 bridgehead atoms. The maximum absolute atomic E-state index is 6.84. The normalized spacial score (nSPS) is 17.1. The van der Waals surface area contributed by atoms with Gasteiger partial charge in [-0.25, -0.2) is 0 Å². The summed E-state index contributed by atoms with van der Waals surface area (Å²) < 4.78 is 13.1. The molecular weight excluding hydrogens is 356 g/mol. The van der Waals surface area contributed by atoms with Crippen molar-refractivity contribution in [2.24, 2.45) is 0 Å². The van der Waals surface area contributed by atoms with E-state index in [2.05, 4.69) is 76.6 Å². The van der Waals surface area contributed by atoms with Crippen molar-refractivity contribution in [3.63, 3.8) is 0 Å². The van der Waals surface area contributed by atoms with Crippen LogP contribution in [0.25, 0.3) is 0 Å². The number of rotatable bonds is 8. The Hall–Kier alpha value is 0.0806. The van der Waals surface area contributed by atoms with Gasteiger partial charge >= 0.3 is 0 Å². The molecule has 131 valence electrons. The third kappa shape index (κ3) is 7.67. The number of benzene rings is 1. The van der Waals surface area contributed by atoms with Crippen molar-refractivity contribution in [3.8, 4) is 0 Å². The maximum Gasteiger partial charge on any atom is 0.184 e. The van der Waals surface area contributed by atoms with E-state index in [1.807, 2.05) is 6.07 Å². The first kappa shape index (κ1) is 21.1. The quantitative estimate of drug-likeness (QED) is 0.420. The summed E-state index contributed by atoms with van der Waals surface area (Å²) >= 11 is 6.84. The molecule has 6 heteroatoms. The highest BCUT2D eigenvalue weighted by Crippen LogP contribution is 2.33. The first-order chi connectivity index (χ1) is 10.4. The van der Waals surface area contributed by atoms with Crippen molar-refractivity contribution < 1.29 is 8.85 Å². The van der Waals surface area contributed by atoms with Crippen LogP contribution in [0.15, 0.2) is 30.3 Å². The Bertz CT molecular complexity index is 469. The number of hydrogen-bond donors (Lipinski definition) is 0. The summed E-state index contributed by atoms with van der Waals surface area (Å²) in [5.41, 5.74) is 1.17. The van der Waals surface area contributed by atoms with E-state index in [9.17, 15) is 0 Å². The smallest absolute Gasteiger partial charge is 0.184 e. The van der Waals surface area contributed by atoms with Crippen LogP contribution in [0.5, 0.6) is 0 Å². The molecule has 0 saturated heterocycles. The lowest BCUT2D eigenvalue weighted by molar-refractivity contribution is 0.0505. The first-order valence-electron chi connectivity index (χ1n) is 8.25. The van der Waals surface area contributed by atoms with Crippen molar-refractivity contribution in [1.82, 2.24) is 0 Å². The zero-order valence-electron chi connectivity index (χ0n) is 15.8. The molecular formula is C17H32ClO2Si3. The predicted molar refractivity (Wildman–Crippen MR) is 109 cm³/mol. The first-order valence-corrected chi connectivity index (χ1v) is 18.1. The molecule has 23 heavy (non-hydrogen) atoms. The average molecular weight is 388 g/mol. The van der Waals surface area contributed by atoms with Crippen LogP contribution in [0.4, 0.5) is 0 Å². The number of halogens is 1. The fourth-order valence-electron chi connectivity index (χ4n) is 2.36. The molecule has 0 fully saturated rings. The monoisotopic (exact) mass is 387 g/mol. The molecule has 3 atom stereocenters. The van der Waals surface area contributed by atoms with Crippen molar-refractivity contribution in [3.05, 3.63) is 35.9 Å². The lowest BCUT2D eigenvalue weighted by Crippen LogP contribution is -2.47. The van der Waals surface area contributed by atoms with Gasteiger partial charge in [0.15, 0.2) is 16.6 Å². The molecule has 0 amide bonds. The highest BCUT2D eigenvalue weighted by molar-refractivity contribution is 6.71. The fraction of sp³-hybridized carbons (Fsp3) is 0.647. The lowest BCUT2D eigenvalue weighted by atomic mass is 10.1. The van der Waals surface area contributed by atoms with Crippen LogP contribution in [0.1, 0.15) is 11.7 Å². The van der Waals surface area contributed by atoms with E-state index in [0.29, 0.717) is 0 Å². The molecule has 0 heterocycles. The minimum Gasteiger partial charge on any atom is -0.411 e. The molecule has 1 aromatic rings. The van der Waals surface area contributed by atoms with Crippen molar-refractivity contribution in [1.29, 1.82) is 0 Å². The van der Waals surface area contributed by atoms with Gasteiger partial charge in [0, 0.05) is 0 Å². The van der Waals surface area contributed by atoms with Crippen LogP contribution < -0.4 is 0 Å². The largest absolute Gasteiger partial charge is 0.411 e. The second-order valence-electron chi connectivity index (χ2n) is 8.24. The summed E-state index contributed by atoms with van der Waals surface area (Å²) in [5.74, 6) is 0. The van der Waals surface area contributed by atoms with Gasteiger partial charge in [0.05, 0.1) is 26.0 Å². The molecule has 3 unspecified atom stereocenters. The van der Waals surface area contributed by atoms with Gasteiger partial charge in [0.1, 0.15) is 0 Å². The summed E-state index contributed by atoms with van der Waals surface area (Å²) in [6, 6.07) is 10.4. The summed E-state index contributed by atoms with van der Waals surface area (Å²) in [4.78, 5) is 0. The zero-order chi connectivity index (χ0) is 17.8. The zero-order valence-corrected chi connectivity index (χ0v) is 19.6. The third-order valence-corrected chi connectivity index (χ3v) is 8.17. The van der Waals surface area contributed by atoms with Crippen LogP contribution in [0.3, 0.4) is 0 Å². The summed E-state index contributed by atoms with van der Waals surface area (Å²) in [7, 11) is -4.16. The van der Waals surface area contributed by atoms with Crippen molar-refractivity contribution in [2.45, 2.75) is 69.6 Å². The highest BCUT2D eigenvalue weighted by Gasteiger charge is 2.38. The van der Waals surface area contributed by atoms with E-state index in [1.54, 1.807) is 0 Å². The van der Waals surface area contributed by atoms with E-state index in [0.717, 1.165) is 0 Å². The minimum atomic E-state index is -1.73. The Morgan fingerprint density at radius 3 is 1.74 bits per heavy atom. The van der Waals surface area contributed by atoms with Gasteiger partial charge in [-0.15, -0.1) is 11.6 Å². The van der Waals surface area contributed by atoms with Gasteiger partial charge in [0.25, 0.3) is 0 Å². The van der Waals surface area contributed by atoms with Gasteiger partial charge in [-0.1, -0.05) is 43.4 Å². The van der Waals surface area contributed by atoms with Crippen LogP contribution >= 0.6 is 11.6 Å². The van der Waals surface area contributed by atoms with E-state index >= 15 is 0 Å². The summed E-state index contributed by atoms with van der Waals surface area (Å²) in [6.07, 6.45) is -0.168. The number of alkyl halides is 1. The summed E-state index contributed by atoms with van der Waals surface area (Å²) in [5, 5.41) is 0.0216. The van der Waals surface area contributed by atoms with Gasteiger partial charge in [-0.05, 0) is 44.8 Å². The molecule has 1 radical (unpaired) electrons. The standard InChI is InChI=1S/C17H32ClO2Si3/c1-21(2)17(18)16(20-23(6,7)8)15(19-22(3,4)5)14-12-10-9-11-13-14/h9-13,15-17H,1-8H3. The molecule has 0 aromatic heterocycles. The second-order valence-corrected chi connectivity index (χ2v) is 20.8. The van der Waals surface area contributed by atoms with Gasteiger partial charge < -0.3 is 8.85 Å². The molecule has 2 nitrogen and oxygen atoms in total. The van der Waals surface area contributed by atoms with Gasteiger partial charge in [-0.3, -0.25) is 0 Å². The van der Waals surface area contributed by atoms with E-state index in [4.69, 9.17) is 20.5 Å². The Morgan fingerprint density at radius 1 is 0.870 bits per heavy atom. The predicted octanol–water partition coefficient (Wildman–Crippen LogP) is 5.70. The maximum atomic E-state index is 6.84. The minimum absolute atomic E-state index is 0.0216. The second kappa shape index (κ2) is 8.45. The molecule has 1 rings (SSSR count). The Morgan fingerprint density at radius 2 is 1.35 bits per heavy atom. The molecule has 0 N–H and O–H groups in total. The van der Waals surface area contributed by atoms with Gasteiger partial charge in [-0.2, -0.15) is 0 Å². The van der Waals surface area contributed by atoms with Crippen molar-refractivity contribution in [2.75, 3.05) is 0 Å². The van der Waals surface area contributed by atoms with Crippen molar-refractivity contribution >= 4 is 37.0 Å². The third-order valence-electron chi connectivity index (χ3n) is 3.24. The number of hydrogen-bond acceptors (Lipinski definition) is 2. The average Bonchev–Trinajstić information content (AvgIpc) is 2.40. The van der Waals surface area contributed by atoms with Crippen LogP contribution in [0, 0.1) is 0 Å². The van der Waals surface area contributed by atoms with Crippen LogP contribution in [0.2, 0.25) is 52.4 Å². The highest BCUT2D eigenvalue weighted by atomic mass is 35.5. The molecule has 0 aliphatic heterocycles. The van der Waals surface area contributed by atoms with E-state index in [-0.39, 0.29) is 17.2 Å². The molecule has 0 spiro atoms. The topological polar surface area (TPSA) is 18.5 Å². The summed E-state index contributed by atoms with van der Waals surface area (Å²) in [6.45, 7) is 17.8. The SMILES string of the molecule is C[Si](C)C(Cl)C(O[Si](C)(C)C)C(O[Si](C)(C)C)c1ccccc1. The Labute approximate surface area is 151 Å². The van der Waals surface area contributed by atoms with Crippen LogP contribution in [-0.2, 0) is 8.85 Å². The molecule has 1 aromatic carbocycles. The fourth-order valence-corrected chi connectivity index (χ4v) is 5.77. The lowest BCUT2D eigenvalue weighted by Gasteiger charge is -2.39. The van der Waals surface area contributed by atoms with E-state index in [1.165, 1.54) is 5.56 Å². The Kier molecular flexibility index (Phi) is 7.76. The molecule has 0 saturated carbocycles. The van der Waals surface area contributed by atoms with E-state index < -0.39 is 25.4 Å². The van der Waals surface area contributed by atoms with Gasteiger partial charge in [0.2, 0.25) is 0 Å². The Balaban J connectivity index is 3.25. The van der Waals surface area contributed by atoms with Crippen LogP contribution in [-0.4, -0.2) is 36.5 Å².